The van der Waals surface area contributed by atoms with E-state index in [0.717, 1.165) is 30.6 Å². The van der Waals surface area contributed by atoms with Crippen LogP contribution >= 0.6 is 0 Å². The summed E-state index contributed by atoms with van der Waals surface area (Å²) in [6.45, 7) is 0.977. The lowest BCUT2D eigenvalue weighted by Crippen LogP contribution is -2.23. The molecule has 0 aliphatic carbocycles. The van der Waals surface area contributed by atoms with Crippen LogP contribution in [0, 0.1) is 0 Å². The van der Waals surface area contributed by atoms with Crippen LogP contribution in [0.1, 0.15) is 41.6 Å². The van der Waals surface area contributed by atoms with Gasteiger partial charge in [0.15, 0.2) is 0 Å². The number of phenols is 1. The first-order chi connectivity index (χ1) is 17.2. The molecule has 9 heteroatoms. The SMILES string of the molecule is COc1ccc(C(CCCNC[C@@H](O)c2ccc(O)c(NS(C)(=O)=O)c2)c2ccc(OC)cc2)cc1. The van der Waals surface area contributed by atoms with Gasteiger partial charge in [-0.3, -0.25) is 4.72 Å². The number of nitrogens with one attached hydrogen (secondary N) is 2. The number of aliphatic hydroxyl groups is 1. The molecule has 0 aliphatic rings. The molecule has 0 saturated carbocycles. The number of hydrogen-bond acceptors (Lipinski definition) is 7. The first kappa shape index (κ1) is 27.3. The minimum absolute atomic E-state index is 0.0378. The molecular formula is C27H34N2O6S. The standard InChI is InChI=1S/C27H34N2O6S/c1-34-22-11-6-19(7-12-22)24(20-8-13-23(35-2)14-9-20)5-4-16-28-18-27(31)21-10-15-26(30)25(17-21)29-36(3,32)33/h6-15,17,24,27-31H,4-5,16,18H2,1-3H3/t27-/m1/s1. The van der Waals surface area contributed by atoms with Crippen LogP contribution in [0.25, 0.3) is 0 Å². The summed E-state index contributed by atoms with van der Waals surface area (Å²) in [7, 11) is -0.250. The first-order valence-corrected chi connectivity index (χ1v) is 13.6. The van der Waals surface area contributed by atoms with E-state index in [2.05, 4.69) is 34.3 Å². The van der Waals surface area contributed by atoms with Crippen molar-refractivity contribution in [1.82, 2.24) is 5.32 Å². The largest absolute Gasteiger partial charge is 0.506 e. The first-order valence-electron chi connectivity index (χ1n) is 11.7. The van der Waals surface area contributed by atoms with Gasteiger partial charge in [-0.15, -0.1) is 0 Å². The van der Waals surface area contributed by atoms with Gasteiger partial charge in [0.05, 0.1) is 32.3 Å². The Bertz CT molecular complexity index is 1170. The predicted molar refractivity (Wildman–Crippen MR) is 141 cm³/mol. The molecule has 3 aromatic rings. The van der Waals surface area contributed by atoms with Gasteiger partial charge in [-0.1, -0.05) is 30.3 Å². The molecule has 4 N–H and O–H groups in total. The summed E-state index contributed by atoms with van der Waals surface area (Å²) in [5, 5.41) is 23.7. The summed E-state index contributed by atoms with van der Waals surface area (Å²) in [4.78, 5) is 0. The third-order valence-electron chi connectivity index (χ3n) is 5.92. The number of benzene rings is 3. The fourth-order valence-corrected chi connectivity index (χ4v) is 4.59. The van der Waals surface area contributed by atoms with Crippen LogP contribution in [0.2, 0.25) is 0 Å². The number of anilines is 1. The highest BCUT2D eigenvalue weighted by Crippen LogP contribution is 2.32. The Kier molecular flexibility index (Phi) is 9.58. The Morgan fingerprint density at radius 2 is 1.39 bits per heavy atom. The smallest absolute Gasteiger partial charge is 0.229 e. The number of hydrogen-bond donors (Lipinski definition) is 4. The second kappa shape index (κ2) is 12.6. The van der Waals surface area contributed by atoms with Crippen molar-refractivity contribution in [2.24, 2.45) is 0 Å². The van der Waals surface area contributed by atoms with Crippen LogP contribution in [0.3, 0.4) is 0 Å². The summed E-state index contributed by atoms with van der Waals surface area (Å²) >= 11 is 0. The number of methoxy groups -OCH3 is 2. The summed E-state index contributed by atoms with van der Waals surface area (Å²) in [6.07, 6.45) is 1.90. The number of sulfonamides is 1. The summed E-state index contributed by atoms with van der Waals surface area (Å²) in [6, 6.07) is 20.5. The van der Waals surface area contributed by atoms with E-state index < -0.39 is 16.1 Å². The van der Waals surface area contributed by atoms with Crippen LogP contribution in [-0.4, -0.2) is 52.2 Å². The summed E-state index contributed by atoms with van der Waals surface area (Å²) in [5.74, 6) is 1.61. The van der Waals surface area contributed by atoms with E-state index in [4.69, 9.17) is 9.47 Å². The van der Waals surface area contributed by atoms with Gasteiger partial charge in [-0.05, 0) is 72.5 Å². The molecule has 194 valence electrons. The molecule has 3 rings (SSSR count). The van der Waals surface area contributed by atoms with Crippen LogP contribution in [0.4, 0.5) is 5.69 Å². The normalized spacial score (nSPS) is 12.4. The zero-order valence-electron chi connectivity index (χ0n) is 20.8. The van der Waals surface area contributed by atoms with Gasteiger partial charge < -0.3 is 25.0 Å². The maximum absolute atomic E-state index is 11.5. The third kappa shape index (κ3) is 7.87. The second-order valence-electron chi connectivity index (χ2n) is 8.61. The molecule has 36 heavy (non-hydrogen) atoms. The van der Waals surface area contributed by atoms with Crippen molar-refractivity contribution in [2.45, 2.75) is 24.9 Å². The van der Waals surface area contributed by atoms with E-state index >= 15 is 0 Å². The molecule has 0 unspecified atom stereocenters. The fourth-order valence-electron chi connectivity index (χ4n) is 4.03. The Morgan fingerprint density at radius 3 is 1.89 bits per heavy atom. The Labute approximate surface area is 213 Å². The molecule has 8 nitrogen and oxygen atoms in total. The number of phenolic OH excluding ortho intramolecular Hbond substituents is 1. The van der Waals surface area contributed by atoms with E-state index in [1.165, 1.54) is 23.3 Å². The van der Waals surface area contributed by atoms with Crippen LogP contribution in [0.5, 0.6) is 17.2 Å². The van der Waals surface area contributed by atoms with Gasteiger partial charge in [0.1, 0.15) is 17.2 Å². The van der Waals surface area contributed by atoms with Gasteiger partial charge in [0, 0.05) is 12.5 Å². The molecule has 1 atom stereocenters. The topological polar surface area (TPSA) is 117 Å². The monoisotopic (exact) mass is 514 g/mol. The van der Waals surface area contributed by atoms with Crippen molar-refractivity contribution >= 4 is 15.7 Å². The van der Waals surface area contributed by atoms with Crippen molar-refractivity contribution in [3.8, 4) is 17.2 Å². The van der Waals surface area contributed by atoms with Gasteiger partial charge in [0.2, 0.25) is 10.0 Å². The zero-order chi connectivity index (χ0) is 26.1. The molecule has 0 amide bonds. The van der Waals surface area contributed by atoms with E-state index in [0.29, 0.717) is 18.7 Å². The van der Waals surface area contributed by atoms with E-state index in [1.807, 2.05) is 24.3 Å². The molecule has 3 aromatic carbocycles. The van der Waals surface area contributed by atoms with Crippen molar-refractivity contribution in [3.05, 3.63) is 83.4 Å². The van der Waals surface area contributed by atoms with Gasteiger partial charge in [0.25, 0.3) is 0 Å². The lowest BCUT2D eigenvalue weighted by Gasteiger charge is -2.20. The molecule has 0 fully saturated rings. The minimum Gasteiger partial charge on any atom is -0.506 e. The maximum Gasteiger partial charge on any atom is 0.229 e. The molecule has 0 aliphatic heterocycles. The molecule has 0 spiro atoms. The Balaban J connectivity index is 1.59. The van der Waals surface area contributed by atoms with Crippen LogP contribution < -0.4 is 19.5 Å². The Hall–Kier alpha value is -3.27. The van der Waals surface area contributed by atoms with Gasteiger partial charge in [-0.25, -0.2) is 8.42 Å². The highest BCUT2D eigenvalue weighted by molar-refractivity contribution is 7.92. The zero-order valence-corrected chi connectivity index (χ0v) is 21.6. The highest BCUT2D eigenvalue weighted by atomic mass is 32.2. The maximum atomic E-state index is 11.5. The second-order valence-corrected chi connectivity index (χ2v) is 10.4. The average Bonchev–Trinajstić information content (AvgIpc) is 2.87. The van der Waals surface area contributed by atoms with Crippen molar-refractivity contribution in [1.29, 1.82) is 0 Å². The molecule has 0 bridgehead atoms. The molecule has 0 saturated heterocycles. The van der Waals surface area contributed by atoms with Crippen molar-refractivity contribution < 1.29 is 28.1 Å². The van der Waals surface area contributed by atoms with Gasteiger partial charge in [-0.2, -0.15) is 0 Å². The van der Waals surface area contributed by atoms with E-state index in [9.17, 15) is 18.6 Å². The number of ether oxygens (including phenoxy) is 2. The van der Waals surface area contributed by atoms with E-state index in [-0.39, 0.29) is 17.4 Å². The average molecular weight is 515 g/mol. The molecule has 0 aromatic heterocycles. The Morgan fingerprint density at radius 1 is 0.861 bits per heavy atom. The third-order valence-corrected chi connectivity index (χ3v) is 6.51. The lowest BCUT2D eigenvalue weighted by molar-refractivity contribution is 0.174. The molecular weight excluding hydrogens is 480 g/mol. The molecule has 0 radical (unpaired) electrons. The van der Waals surface area contributed by atoms with Crippen molar-refractivity contribution in [3.63, 3.8) is 0 Å². The summed E-state index contributed by atoms with van der Waals surface area (Å²) in [5.41, 5.74) is 2.92. The van der Waals surface area contributed by atoms with Crippen LogP contribution in [0.15, 0.2) is 66.7 Å². The van der Waals surface area contributed by atoms with Crippen molar-refractivity contribution in [2.75, 3.05) is 38.3 Å². The number of aromatic hydroxyl groups is 1. The fraction of sp³-hybridized carbons (Fsp3) is 0.333. The lowest BCUT2D eigenvalue weighted by atomic mass is 9.87. The molecule has 0 heterocycles. The van der Waals surface area contributed by atoms with Crippen LogP contribution in [-0.2, 0) is 10.0 Å². The quantitative estimate of drug-likeness (QED) is 0.201. The highest BCUT2D eigenvalue weighted by Gasteiger charge is 2.16. The summed E-state index contributed by atoms with van der Waals surface area (Å²) < 4.78 is 35.8. The minimum atomic E-state index is -3.55. The van der Waals surface area contributed by atoms with Gasteiger partial charge >= 0.3 is 0 Å². The predicted octanol–water partition coefficient (Wildman–Crippen LogP) is 4.02. The number of aliphatic hydroxyl groups excluding tert-OH is 1. The number of rotatable bonds is 13. The van der Waals surface area contributed by atoms with E-state index in [1.54, 1.807) is 20.3 Å².